The molecule has 0 unspecified atom stereocenters. The standard InChI is InChI=1S/C21H29N5O/c1-2-7-19-23-18-9-13-25(15-17(18)21(27)24-19)14-16-8-6-10-22-20(16)26-11-4-3-5-12-26/h6,8,10H,2-5,7,9,11-15H2,1H3,(H,23,24,27). The lowest BCUT2D eigenvalue weighted by Gasteiger charge is -2.32. The number of fused-ring (bicyclic) bond motifs is 1. The maximum absolute atomic E-state index is 12.5. The van der Waals surface area contributed by atoms with Crippen LogP contribution in [0.15, 0.2) is 23.1 Å². The molecule has 4 heterocycles. The molecule has 1 fully saturated rings. The van der Waals surface area contributed by atoms with E-state index in [1.165, 1.54) is 24.8 Å². The lowest BCUT2D eigenvalue weighted by molar-refractivity contribution is 0.241. The Balaban J connectivity index is 1.52. The molecule has 0 atom stereocenters. The first-order valence-electron chi connectivity index (χ1n) is 10.3. The van der Waals surface area contributed by atoms with Crippen molar-refractivity contribution in [1.82, 2.24) is 19.9 Å². The fraction of sp³-hybridized carbons (Fsp3) is 0.571. The van der Waals surface area contributed by atoms with Crippen LogP contribution < -0.4 is 10.5 Å². The van der Waals surface area contributed by atoms with Crippen molar-refractivity contribution in [3.63, 3.8) is 0 Å². The molecule has 144 valence electrons. The number of pyridine rings is 1. The van der Waals surface area contributed by atoms with Crippen molar-refractivity contribution >= 4 is 5.82 Å². The minimum absolute atomic E-state index is 0.0376. The molecule has 27 heavy (non-hydrogen) atoms. The van der Waals surface area contributed by atoms with Gasteiger partial charge in [0.1, 0.15) is 11.6 Å². The highest BCUT2D eigenvalue weighted by molar-refractivity contribution is 5.47. The van der Waals surface area contributed by atoms with Gasteiger partial charge in [0.25, 0.3) is 5.56 Å². The Labute approximate surface area is 160 Å². The highest BCUT2D eigenvalue weighted by Crippen LogP contribution is 2.24. The minimum Gasteiger partial charge on any atom is -0.356 e. The van der Waals surface area contributed by atoms with Crippen molar-refractivity contribution < 1.29 is 0 Å². The van der Waals surface area contributed by atoms with E-state index >= 15 is 0 Å². The van der Waals surface area contributed by atoms with E-state index < -0.39 is 0 Å². The van der Waals surface area contributed by atoms with E-state index in [0.29, 0.717) is 6.54 Å². The van der Waals surface area contributed by atoms with Crippen LogP contribution in [0.5, 0.6) is 0 Å². The normalized spacial score (nSPS) is 17.7. The Bertz CT molecular complexity index is 841. The van der Waals surface area contributed by atoms with Gasteiger partial charge in [-0.3, -0.25) is 9.69 Å². The van der Waals surface area contributed by atoms with Crippen LogP contribution in [0.2, 0.25) is 0 Å². The van der Waals surface area contributed by atoms with E-state index in [1.54, 1.807) is 0 Å². The van der Waals surface area contributed by atoms with Gasteiger partial charge in [0, 0.05) is 57.3 Å². The molecular weight excluding hydrogens is 338 g/mol. The molecule has 6 heteroatoms. The summed E-state index contributed by atoms with van der Waals surface area (Å²) >= 11 is 0. The Kier molecular flexibility index (Phi) is 5.53. The zero-order valence-electron chi connectivity index (χ0n) is 16.2. The number of rotatable bonds is 5. The fourth-order valence-corrected chi connectivity index (χ4v) is 4.21. The van der Waals surface area contributed by atoms with E-state index in [4.69, 9.17) is 4.98 Å². The number of anilines is 1. The van der Waals surface area contributed by atoms with Gasteiger partial charge >= 0.3 is 0 Å². The van der Waals surface area contributed by atoms with Gasteiger partial charge in [-0.05, 0) is 31.7 Å². The second-order valence-corrected chi connectivity index (χ2v) is 7.68. The lowest BCUT2D eigenvalue weighted by atomic mass is 10.1. The fourth-order valence-electron chi connectivity index (χ4n) is 4.21. The molecule has 0 saturated carbocycles. The number of aromatic nitrogens is 3. The Morgan fingerprint density at radius 2 is 2.04 bits per heavy atom. The van der Waals surface area contributed by atoms with Crippen LogP contribution in [-0.2, 0) is 25.9 Å². The summed E-state index contributed by atoms with van der Waals surface area (Å²) < 4.78 is 0. The second kappa shape index (κ2) is 8.21. The number of aromatic amines is 1. The molecule has 6 nitrogen and oxygen atoms in total. The van der Waals surface area contributed by atoms with Crippen LogP contribution in [-0.4, -0.2) is 39.5 Å². The number of nitrogens with zero attached hydrogens (tertiary/aromatic N) is 4. The molecule has 0 bridgehead atoms. The van der Waals surface area contributed by atoms with Crippen LogP contribution in [0.25, 0.3) is 0 Å². The van der Waals surface area contributed by atoms with Gasteiger partial charge in [0.15, 0.2) is 0 Å². The highest BCUT2D eigenvalue weighted by atomic mass is 16.1. The van der Waals surface area contributed by atoms with Crippen LogP contribution >= 0.6 is 0 Å². The van der Waals surface area contributed by atoms with Gasteiger partial charge in [-0.25, -0.2) is 9.97 Å². The van der Waals surface area contributed by atoms with Crippen molar-refractivity contribution in [3.05, 3.63) is 51.3 Å². The van der Waals surface area contributed by atoms with Gasteiger partial charge in [-0.2, -0.15) is 0 Å². The molecule has 0 radical (unpaired) electrons. The summed E-state index contributed by atoms with van der Waals surface area (Å²) in [5.74, 6) is 1.95. The monoisotopic (exact) mass is 367 g/mol. The van der Waals surface area contributed by atoms with Gasteiger partial charge in [-0.15, -0.1) is 0 Å². The second-order valence-electron chi connectivity index (χ2n) is 7.68. The molecule has 2 aromatic rings. The van der Waals surface area contributed by atoms with Crippen molar-refractivity contribution in [2.24, 2.45) is 0 Å². The smallest absolute Gasteiger partial charge is 0.255 e. The van der Waals surface area contributed by atoms with E-state index in [9.17, 15) is 4.79 Å². The number of H-pyrrole nitrogens is 1. The molecule has 0 aliphatic carbocycles. The third-order valence-corrected chi connectivity index (χ3v) is 5.60. The summed E-state index contributed by atoms with van der Waals surface area (Å²) in [6.07, 6.45) is 8.37. The zero-order chi connectivity index (χ0) is 18.6. The summed E-state index contributed by atoms with van der Waals surface area (Å²) in [7, 11) is 0. The largest absolute Gasteiger partial charge is 0.356 e. The third kappa shape index (κ3) is 4.05. The lowest BCUT2D eigenvalue weighted by Crippen LogP contribution is -2.37. The number of hydrogen-bond acceptors (Lipinski definition) is 5. The maximum Gasteiger partial charge on any atom is 0.255 e. The van der Waals surface area contributed by atoms with Crippen molar-refractivity contribution in [1.29, 1.82) is 0 Å². The average Bonchev–Trinajstić information content (AvgIpc) is 2.70. The molecule has 2 aliphatic heterocycles. The van der Waals surface area contributed by atoms with Crippen LogP contribution in [0, 0.1) is 0 Å². The van der Waals surface area contributed by atoms with Gasteiger partial charge in [0.05, 0.1) is 11.3 Å². The first-order valence-corrected chi connectivity index (χ1v) is 10.3. The van der Waals surface area contributed by atoms with Gasteiger partial charge in [0.2, 0.25) is 0 Å². The summed E-state index contributed by atoms with van der Waals surface area (Å²) in [5.41, 5.74) is 3.12. The third-order valence-electron chi connectivity index (χ3n) is 5.60. The van der Waals surface area contributed by atoms with Gasteiger partial charge in [-0.1, -0.05) is 13.0 Å². The van der Waals surface area contributed by atoms with Crippen molar-refractivity contribution in [2.75, 3.05) is 24.5 Å². The van der Waals surface area contributed by atoms with Crippen LogP contribution in [0.4, 0.5) is 5.82 Å². The Hall–Kier alpha value is -2.21. The van der Waals surface area contributed by atoms with Crippen LogP contribution in [0.3, 0.4) is 0 Å². The molecule has 2 aliphatic rings. The predicted octanol–water partition coefficient (Wildman–Crippen LogP) is 2.67. The van der Waals surface area contributed by atoms with Crippen molar-refractivity contribution in [2.45, 2.75) is 58.5 Å². The first-order chi connectivity index (χ1) is 13.2. The molecule has 2 aromatic heterocycles. The Morgan fingerprint density at radius 1 is 1.19 bits per heavy atom. The quantitative estimate of drug-likeness (QED) is 0.880. The number of aryl methyl sites for hydroxylation is 1. The maximum atomic E-state index is 12.5. The minimum atomic E-state index is 0.0376. The van der Waals surface area contributed by atoms with Crippen LogP contribution in [0.1, 0.15) is 55.3 Å². The number of nitrogens with one attached hydrogen (secondary N) is 1. The number of piperidine rings is 1. The molecular formula is C21H29N5O. The summed E-state index contributed by atoms with van der Waals surface area (Å²) in [5, 5.41) is 0. The molecule has 4 rings (SSSR count). The first kappa shape index (κ1) is 18.2. The molecule has 1 N–H and O–H groups in total. The van der Waals surface area contributed by atoms with Gasteiger partial charge < -0.3 is 9.88 Å². The molecule has 1 saturated heterocycles. The molecule has 0 spiro atoms. The number of hydrogen-bond donors (Lipinski definition) is 1. The summed E-state index contributed by atoms with van der Waals surface area (Å²) in [6.45, 7) is 6.72. The topological polar surface area (TPSA) is 65.1 Å². The molecule has 0 aromatic carbocycles. The molecule has 0 amide bonds. The highest BCUT2D eigenvalue weighted by Gasteiger charge is 2.23. The zero-order valence-corrected chi connectivity index (χ0v) is 16.2. The average molecular weight is 367 g/mol. The van der Waals surface area contributed by atoms with E-state index in [0.717, 1.165) is 68.3 Å². The SMILES string of the molecule is CCCc1nc2c(c(=O)[nH]1)CN(Cc1cccnc1N1CCCCC1)CC2. The van der Waals surface area contributed by atoms with E-state index in [-0.39, 0.29) is 5.56 Å². The van der Waals surface area contributed by atoms with E-state index in [1.807, 2.05) is 12.3 Å². The summed E-state index contributed by atoms with van der Waals surface area (Å²) in [6, 6.07) is 4.20. The predicted molar refractivity (Wildman–Crippen MR) is 107 cm³/mol. The summed E-state index contributed by atoms with van der Waals surface area (Å²) in [4.78, 5) is 29.6. The Morgan fingerprint density at radius 3 is 2.85 bits per heavy atom. The van der Waals surface area contributed by atoms with Crippen molar-refractivity contribution in [3.8, 4) is 0 Å². The van der Waals surface area contributed by atoms with E-state index in [2.05, 4.69) is 32.8 Å².